The Morgan fingerprint density at radius 2 is 2.00 bits per heavy atom. The minimum atomic E-state index is -0.611. The Balaban J connectivity index is 1.89. The van der Waals surface area contributed by atoms with E-state index in [1.807, 2.05) is 0 Å². The molecule has 8 heteroatoms. The van der Waals surface area contributed by atoms with Crippen LogP contribution >= 0.6 is 43.2 Å². The van der Waals surface area contributed by atoms with E-state index in [-0.39, 0.29) is 5.69 Å². The highest BCUT2D eigenvalue weighted by Crippen LogP contribution is 2.23. The van der Waals surface area contributed by atoms with Gasteiger partial charge >= 0.3 is 5.97 Å². The van der Waals surface area contributed by atoms with Crippen molar-refractivity contribution in [3.8, 4) is 0 Å². The van der Waals surface area contributed by atoms with Gasteiger partial charge in [0.1, 0.15) is 10.7 Å². The standard InChI is InChI=1S/C13H8Br2FNO3S/c14-7-1-2-9(8(16)5-7)17-12(18)6-20-13(19)10-3-4-11(15)21-10/h1-5H,6H2,(H,17,18). The van der Waals surface area contributed by atoms with Gasteiger partial charge in [-0.25, -0.2) is 9.18 Å². The molecule has 1 N–H and O–H groups in total. The molecule has 0 unspecified atom stereocenters. The van der Waals surface area contributed by atoms with Gasteiger partial charge in [0.2, 0.25) is 0 Å². The van der Waals surface area contributed by atoms with Crippen molar-refractivity contribution in [2.75, 3.05) is 11.9 Å². The number of anilines is 1. The maximum absolute atomic E-state index is 13.5. The Morgan fingerprint density at radius 3 is 2.62 bits per heavy atom. The van der Waals surface area contributed by atoms with Gasteiger partial charge in [-0.3, -0.25) is 4.79 Å². The van der Waals surface area contributed by atoms with Gasteiger partial charge in [-0.05, 0) is 46.3 Å². The van der Waals surface area contributed by atoms with Crippen molar-refractivity contribution < 1.29 is 18.7 Å². The van der Waals surface area contributed by atoms with Crippen LogP contribution in [0, 0.1) is 5.82 Å². The zero-order valence-electron chi connectivity index (χ0n) is 10.4. The van der Waals surface area contributed by atoms with Crippen molar-refractivity contribution in [1.82, 2.24) is 0 Å². The van der Waals surface area contributed by atoms with Crippen LogP contribution < -0.4 is 5.32 Å². The molecule has 0 saturated heterocycles. The summed E-state index contributed by atoms with van der Waals surface area (Å²) in [6.45, 7) is -0.482. The van der Waals surface area contributed by atoms with Crippen LogP contribution in [-0.2, 0) is 9.53 Å². The van der Waals surface area contributed by atoms with Crippen LogP contribution in [0.3, 0.4) is 0 Å². The monoisotopic (exact) mass is 435 g/mol. The molecule has 0 spiro atoms. The minimum Gasteiger partial charge on any atom is -0.451 e. The number of thiophene rings is 1. The molecular formula is C13H8Br2FNO3S. The van der Waals surface area contributed by atoms with Crippen molar-refractivity contribution in [3.05, 3.63) is 49.3 Å². The predicted octanol–water partition coefficient (Wildman–Crippen LogP) is 4.21. The third kappa shape index (κ3) is 4.62. The summed E-state index contributed by atoms with van der Waals surface area (Å²) in [5.74, 6) is -1.79. The molecule has 2 aromatic rings. The van der Waals surface area contributed by atoms with Crippen LogP contribution in [0.15, 0.2) is 38.6 Å². The van der Waals surface area contributed by atoms with E-state index in [9.17, 15) is 14.0 Å². The molecule has 0 bridgehead atoms. The third-order valence-corrected chi connectivity index (χ3v) is 4.41. The lowest BCUT2D eigenvalue weighted by Gasteiger charge is -2.07. The molecule has 1 aromatic heterocycles. The van der Waals surface area contributed by atoms with Crippen molar-refractivity contribution in [2.24, 2.45) is 0 Å². The molecule has 1 amide bonds. The van der Waals surface area contributed by atoms with Gasteiger partial charge in [-0.1, -0.05) is 15.9 Å². The average molecular weight is 437 g/mol. The number of halogens is 3. The van der Waals surface area contributed by atoms with Gasteiger partial charge in [-0.15, -0.1) is 11.3 Å². The Labute approximate surface area is 140 Å². The number of carbonyl (C=O) groups excluding carboxylic acids is 2. The Bertz CT molecular complexity index is 690. The summed E-state index contributed by atoms with van der Waals surface area (Å²) >= 11 is 7.54. The number of ether oxygens (including phenoxy) is 1. The Hall–Kier alpha value is -1.25. The predicted molar refractivity (Wildman–Crippen MR) is 85.0 cm³/mol. The van der Waals surface area contributed by atoms with Gasteiger partial charge in [0.15, 0.2) is 6.61 Å². The SMILES string of the molecule is O=C(COC(=O)c1ccc(Br)s1)Nc1ccc(Br)cc1F. The lowest BCUT2D eigenvalue weighted by Crippen LogP contribution is -2.21. The molecule has 0 radical (unpaired) electrons. The first-order chi connectivity index (χ1) is 9.95. The molecule has 0 fully saturated rings. The fourth-order valence-electron chi connectivity index (χ4n) is 1.40. The molecule has 0 aliphatic heterocycles. The number of hydrogen-bond donors (Lipinski definition) is 1. The molecule has 0 aliphatic carbocycles. The highest BCUT2D eigenvalue weighted by atomic mass is 79.9. The normalized spacial score (nSPS) is 10.2. The zero-order valence-corrected chi connectivity index (χ0v) is 14.3. The van der Waals surface area contributed by atoms with Gasteiger partial charge in [0, 0.05) is 4.47 Å². The van der Waals surface area contributed by atoms with Crippen LogP contribution in [0.5, 0.6) is 0 Å². The van der Waals surface area contributed by atoms with Crippen LogP contribution in [0.1, 0.15) is 9.67 Å². The second-order valence-electron chi connectivity index (χ2n) is 3.85. The summed E-state index contributed by atoms with van der Waals surface area (Å²) in [6.07, 6.45) is 0. The zero-order chi connectivity index (χ0) is 15.4. The first-order valence-electron chi connectivity index (χ1n) is 5.63. The number of nitrogens with one attached hydrogen (secondary N) is 1. The molecule has 0 atom stereocenters. The number of hydrogen-bond acceptors (Lipinski definition) is 4. The summed E-state index contributed by atoms with van der Waals surface area (Å²) in [6, 6.07) is 7.52. The van der Waals surface area contributed by atoms with Crippen LogP contribution in [0.2, 0.25) is 0 Å². The summed E-state index contributed by atoms with van der Waals surface area (Å²) in [7, 11) is 0. The minimum absolute atomic E-state index is 0.0260. The van der Waals surface area contributed by atoms with Gasteiger partial charge < -0.3 is 10.1 Å². The number of carbonyl (C=O) groups is 2. The van der Waals surface area contributed by atoms with Gasteiger partial charge in [0.25, 0.3) is 5.91 Å². The van der Waals surface area contributed by atoms with E-state index in [2.05, 4.69) is 37.2 Å². The van der Waals surface area contributed by atoms with Gasteiger partial charge in [-0.2, -0.15) is 0 Å². The molecule has 1 heterocycles. The molecule has 0 aliphatic rings. The topological polar surface area (TPSA) is 55.4 Å². The van der Waals surface area contributed by atoms with Crippen molar-refractivity contribution in [2.45, 2.75) is 0 Å². The maximum atomic E-state index is 13.5. The fourth-order valence-corrected chi connectivity index (χ4v) is 3.02. The van der Waals surface area contributed by atoms with E-state index in [0.29, 0.717) is 9.35 Å². The van der Waals surface area contributed by atoms with E-state index in [4.69, 9.17) is 4.74 Å². The van der Waals surface area contributed by atoms with Crippen LogP contribution in [0.25, 0.3) is 0 Å². The molecule has 110 valence electrons. The Morgan fingerprint density at radius 1 is 1.24 bits per heavy atom. The lowest BCUT2D eigenvalue weighted by atomic mass is 10.3. The van der Waals surface area contributed by atoms with E-state index in [0.717, 1.165) is 3.79 Å². The summed E-state index contributed by atoms with van der Waals surface area (Å²) < 4.78 is 19.7. The van der Waals surface area contributed by atoms with Crippen LogP contribution in [-0.4, -0.2) is 18.5 Å². The van der Waals surface area contributed by atoms with Crippen LogP contribution in [0.4, 0.5) is 10.1 Å². The first kappa shape index (κ1) is 16.1. The van der Waals surface area contributed by atoms with Crippen molar-refractivity contribution in [1.29, 1.82) is 0 Å². The van der Waals surface area contributed by atoms with E-state index >= 15 is 0 Å². The maximum Gasteiger partial charge on any atom is 0.348 e. The smallest absolute Gasteiger partial charge is 0.348 e. The second-order valence-corrected chi connectivity index (χ2v) is 7.23. The number of benzene rings is 1. The summed E-state index contributed by atoms with van der Waals surface area (Å²) in [5, 5.41) is 2.33. The highest BCUT2D eigenvalue weighted by Gasteiger charge is 2.13. The number of rotatable bonds is 4. The molecule has 2 rings (SSSR count). The number of amides is 1. The van der Waals surface area contributed by atoms with Gasteiger partial charge in [0.05, 0.1) is 9.47 Å². The van der Waals surface area contributed by atoms with Crippen molar-refractivity contribution >= 4 is 60.8 Å². The molecule has 1 aromatic carbocycles. The first-order valence-corrected chi connectivity index (χ1v) is 8.03. The molecule has 4 nitrogen and oxygen atoms in total. The quantitative estimate of drug-likeness (QED) is 0.730. The summed E-state index contributed by atoms with van der Waals surface area (Å²) in [5.41, 5.74) is 0.0260. The van der Waals surface area contributed by atoms with E-state index < -0.39 is 24.3 Å². The number of esters is 1. The fraction of sp³-hybridized carbons (Fsp3) is 0.0769. The average Bonchev–Trinajstić information content (AvgIpc) is 2.86. The third-order valence-electron chi connectivity index (χ3n) is 2.31. The van der Waals surface area contributed by atoms with E-state index in [1.165, 1.54) is 23.5 Å². The second kappa shape index (κ2) is 7.15. The molecule has 21 heavy (non-hydrogen) atoms. The molecule has 0 saturated carbocycles. The Kier molecular flexibility index (Phi) is 5.49. The highest BCUT2D eigenvalue weighted by molar-refractivity contribution is 9.11. The lowest BCUT2D eigenvalue weighted by molar-refractivity contribution is -0.119. The summed E-state index contributed by atoms with van der Waals surface area (Å²) in [4.78, 5) is 23.6. The molecular weight excluding hydrogens is 429 g/mol. The van der Waals surface area contributed by atoms with Crippen molar-refractivity contribution in [3.63, 3.8) is 0 Å². The largest absolute Gasteiger partial charge is 0.451 e. The van der Waals surface area contributed by atoms with E-state index in [1.54, 1.807) is 18.2 Å².